The van der Waals surface area contributed by atoms with Gasteiger partial charge in [0.2, 0.25) is 11.9 Å². The van der Waals surface area contributed by atoms with Gasteiger partial charge >= 0.3 is 0 Å². The van der Waals surface area contributed by atoms with E-state index in [4.69, 9.17) is 5.73 Å². The van der Waals surface area contributed by atoms with Crippen molar-refractivity contribution in [2.45, 2.75) is 19.9 Å². The van der Waals surface area contributed by atoms with E-state index in [-0.39, 0.29) is 5.75 Å². The number of nitrogens with one attached hydrogen (secondary N) is 1. The number of phenols is 1. The SMILES string of the molecule is CC1=C(C(N)=O)C(c2cccc(O)c2)n2nc(-c3ccccc3C)nc2N1. The van der Waals surface area contributed by atoms with E-state index in [1.165, 1.54) is 0 Å². The summed E-state index contributed by atoms with van der Waals surface area (Å²) in [6.45, 7) is 3.77. The van der Waals surface area contributed by atoms with Crippen LogP contribution in [0, 0.1) is 6.92 Å². The first-order chi connectivity index (χ1) is 13.0. The van der Waals surface area contributed by atoms with Crippen molar-refractivity contribution < 1.29 is 9.90 Å². The van der Waals surface area contributed by atoms with Crippen LogP contribution < -0.4 is 11.1 Å². The summed E-state index contributed by atoms with van der Waals surface area (Å²) in [4.78, 5) is 16.8. The second-order valence-electron chi connectivity index (χ2n) is 6.54. The molecule has 2 aromatic carbocycles. The van der Waals surface area contributed by atoms with Gasteiger partial charge in [-0.2, -0.15) is 4.98 Å². The average molecular weight is 361 g/mol. The van der Waals surface area contributed by atoms with Gasteiger partial charge in [-0.1, -0.05) is 36.4 Å². The number of hydrogen-bond donors (Lipinski definition) is 3. The number of phenolic OH excluding ortho intramolecular Hbond substituents is 1. The number of amides is 1. The number of nitrogens with zero attached hydrogens (tertiary/aromatic N) is 3. The van der Waals surface area contributed by atoms with Crippen LogP contribution in [0.3, 0.4) is 0 Å². The minimum absolute atomic E-state index is 0.105. The highest BCUT2D eigenvalue weighted by Crippen LogP contribution is 2.37. The third kappa shape index (κ3) is 2.83. The standard InChI is InChI=1S/C20H19N5O2/c1-11-6-3-4-9-15(11)19-23-20-22-12(2)16(18(21)27)17(25(20)24-19)13-7-5-8-14(26)10-13/h3-10,17,26H,1-2H3,(H2,21,27)(H,22,23,24). The molecule has 1 aromatic heterocycles. The van der Waals surface area contributed by atoms with E-state index in [0.717, 1.165) is 11.1 Å². The molecule has 4 N–H and O–H groups in total. The Morgan fingerprint density at radius 3 is 2.67 bits per heavy atom. The van der Waals surface area contributed by atoms with Gasteiger partial charge < -0.3 is 16.2 Å². The number of carbonyl (C=O) groups is 1. The molecular weight excluding hydrogens is 342 g/mol. The maximum atomic E-state index is 12.2. The zero-order valence-electron chi connectivity index (χ0n) is 15.0. The monoisotopic (exact) mass is 361 g/mol. The average Bonchev–Trinajstić information content (AvgIpc) is 3.03. The Morgan fingerprint density at radius 1 is 1.19 bits per heavy atom. The smallest absolute Gasteiger partial charge is 0.248 e. The molecule has 2 heterocycles. The summed E-state index contributed by atoms with van der Waals surface area (Å²) < 4.78 is 1.64. The highest BCUT2D eigenvalue weighted by atomic mass is 16.3. The topological polar surface area (TPSA) is 106 Å². The maximum absolute atomic E-state index is 12.2. The van der Waals surface area contributed by atoms with Crippen LogP contribution in [0.5, 0.6) is 5.75 Å². The van der Waals surface area contributed by atoms with Crippen molar-refractivity contribution in [2.75, 3.05) is 5.32 Å². The number of fused-ring (bicyclic) bond motifs is 1. The minimum atomic E-state index is -0.573. The summed E-state index contributed by atoms with van der Waals surface area (Å²) in [6.07, 6.45) is 0. The molecule has 0 aliphatic carbocycles. The number of allylic oxidation sites excluding steroid dienone is 1. The minimum Gasteiger partial charge on any atom is -0.508 e. The van der Waals surface area contributed by atoms with Crippen molar-refractivity contribution in [2.24, 2.45) is 5.73 Å². The summed E-state index contributed by atoms with van der Waals surface area (Å²) in [6, 6.07) is 14.0. The number of primary amides is 1. The molecule has 7 nitrogen and oxygen atoms in total. The van der Waals surface area contributed by atoms with Crippen LogP contribution in [0.15, 0.2) is 59.8 Å². The van der Waals surface area contributed by atoms with Crippen molar-refractivity contribution in [3.05, 3.63) is 70.9 Å². The van der Waals surface area contributed by atoms with Crippen LogP contribution in [0.1, 0.15) is 24.1 Å². The zero-order chi connectivity index (χ0) is 19.1. The number of carbonyl (C=O) groups excluding carboxylic acids is 1. The van der Waals surface area contributed by atoms with Crippen molar-refractivity contribution in [1.29, 1.82) is 0 Å². The Bertz CT molecular complexity index is 1080. The molecule has 27 heavy (non-hydrogen) atoms. The van der Waals surface area contributed by atoms with E-state index >= 15 is 0 Å². The van der Waals surface area contributed by atoms with Crippen molar-refractivity contribution in [1.82, 2.24) is 14.8 Å². The Hall–Kier alpha value is -3.61. The number of rotatable bonds is 3. The lowest BCUT2D eigenvalue weighted by molar-refractivity contribution is -0.115. The van der Waals surface area contributed by atoms with Crippen molar-refractivity contribution in [3.63, 3.8) is 0 Å². The van der Waals surface area contributed by atoms with Gasteiger partial charge in [0.1, 0.15) is 11.8 Å². The van der Waals surface area contributed by atoms with E-state index in [1.807, 2.05) is 37.3 Å². The predicted molar refractivity (Wildman–Crippen MR) is 102 cm³/mol. The Morgan fingerprint density at radius 2 is 1.96 bits per heavy atom. The van der Waals surface area contributed by atoms with E-state index in [1.54, 1.807) is 29.8 Å². The summed E-state index contributed by atoms with van der Waals surface area (Å²) in [5.41, 5.74) is 9.33. The molecule has 1 unspecified atom stereocenters. The van der Waals surface area contributed by atoms with Gasteiger partial charge in [0.05, 0.1) is 5.57 Å². The summed E-state index contributed by atoms with van der Waals surface area (Å²) in [7, 11) is 0. The van der Waals surface area contributed by atoms with Gasteiger partial charge in [-0.3, -0.25) is 4.79 Å². The number of benzene rings is 2. The van der Waals surface area contributed by atoms with Crippen LogP contribution in [0.25, 0.3) is 11.4 Å². The molecule has 0 spiro atoms. The highest BCUT2D eigenvalue weighted by molar-refractivity contribution is 5.95. The Balaban J connectivity index is 1.91. The fourth-order valence-electron chi connectivity index (χ4n) is 3.41. The van der Waals surface area contributed by atoms with Crippen LogP contribution in [0.4, 0.5) is 5.95 Å². The van der Waals surface area contributed by atoms with Crippen molar-refractivity contribution in [3.8, 4) is 17.1 Å². The van der Waals surface area contributed by atoms with Crippen LogP contribution in [-0.4, -0.2) is 25.8 Å². The molecule has 0 bridgehead atoms. The van der Waals surface area contributed by atoms with Gasteiger partial charge in [-0.15, -0.1) is 5.10 Å². The number of anilines is 1. The predicted octanol–water partition coefficient (Wildman–Crippen LogP) is 2.73. The number of hydrogen-bond acceptors (Lipinski definition) is 5. The fourth-order valence-corrected chi connectivity index (χ4v) is 3.41. The quantitative estimate of drug-likeness (QED) is 0.665. The lowest BCUT2D eigenvalue weighted by atomic mass is 9.95. The molecule has 0 radical (unpaired) electrons. The first-order valence-electron chi connectivity index (χ1n) is 8.55. The van der Waals surface area contributed by atoms with Gasteiger partial charge in [-0.05, 0) is 37.1 Å². The van der Waals surface area contributed by atoms with Gasteiger partial charge in [-0.25, -0.2) is 4.68 Å². The fraction of sp³-hybridized carbons (Fsp3) is 0.150. The van der Waals surface area contributed by atoms with Crippen LogP contribution in [-0.2, 0) is 4.79 Å². The molecule has 3 aromatic rings. The van der Waals surface area contributed by atoms with Crippen LogP contribution in [0.2, 0.25) is 0 Å². The second-order valence-corrected chi connectivity index (χ2v) is 6.54. The van der Waals surface area contributed by atoms with Crippen molar-refractivity contribution >= 4 is 11.9 Å². The van der Waals surface area contributed by atoms with Gasteiger partial charge in [0.15, 0.2) is 5.82 Å². The largest absolute Gasteiger partial charge is 0.508 e. The molecule has 7 heteroatoms. The molecule has 1 aliphatic rings. The molecule has 1 atom stereocenters. The molecule has 4 rings (SSSR count). The second kappa shape index (κ2) is 6.28. The van der Waals surface area contributed by atoms with E-state index in [0.29, 0.717) is 28.6 Å². The summed E-state index contributed by atoms with van der Waals surface area (Å²) in [5, 5.41) is 17.7. The molecule has 136 valence electrons. The zero-order valence-corrected chi connectivity index (χ0v) is 15.0. The highest BCUT2D eigenvalue weighted by Gasteiger charge is 2.33. The third-order valence-electron chi connectivity index (χ3n) is 4.69. The molecule has 0 fully saturated rings. The first-order valence-corrected chi connectivity index (χ1v) is 8.55. The molecule has 1 amide bonds. The van der Waals surface area contributed by atoms with E-state index < -0.39 is 11.9 Å². The molecule has 0 saturated heterocycles. The molecule has 1 aliphatic heterocycles. The Labute approximate surface area is 156 Å². The van der Waals surface area contributed by atoms with Gasteiger partial charge in [0.25, 0.3) is 0 Å². The Kier molecular flexibility index (Phi) is 3.92. The number of aromatic nitrogens is 3. The summed E-state index contributed by atoms with van der Waals surface area (Å²) in [5.74, 6) is 0.628. The first kappa shape index (κ1) is 16.8. The van der Waals surface area contributed by atoms with Gasteiger partial charge in [0, 0.05) is 11.3 Å². The number of aromatic hydroxyl groups is 1. The van der Waals surface area contributed by atoms with Crippen LogP contribution >= 0.6 is 0 Å². The maximum Gasteiger partial charge on any atom is 0.248 e. The molecular formula is C20H19N5O2. The third-order valence-corrected chi connectivity index (χ3v) is 4.69. The molecule has 0 saturated carbocycles. The van der Waals surface area contributed by atoms with E-state index in [9.17, 15) is 9.90 Å². The number of aryl methyl sites for hydroxylation is 1. The van der Waals surface area contributed by atoms with E-state index in [2.05, 4.69) is 15.4 Å². The normalized spacial score (nSPS) is 16.0. The summed E-state index contributed by atoms with van der Waals surface area (Å²) >= 11 is 0. The lowest BCUT2D eigenvalue weighted by Gasteiger charge is -2.27. The number of nitrogens with two attached hydrogens (primary N) is 1. The lowest BCUT2D eigenvalue weighted by Crippen LogP contribution is -2.31.